The molecule has 3 rings (SSSR count). The third kappa shape index (κ3) is 3.08. The van der Waals surface area contributed by atoms with E-state index in [-0.39, 0.29) is 5.91 Å². The van der Waals surface area contributed by atoms with Gasteiger partial charge in [0.1, 0.15) is 5.69 Å². The third-order valence-electron chi connectivity index (χ3n) is 3.71. The number of carbonyl (C=O) groups is 1. The standard InChI is InChI=1S/C16H19N3OS/c1-11-15(17-12(2)21-11)16(20)18-13-5-7-14(8-6-13)19-9-3-4-10-19/h5-8H,3-4,9-10H2,1-2H3,(H,18,20). The van der Waals surface area contributed by atoms with E-state index in [1.54, 1.807) is 11.3 Å². The van der Waals surface area contributed by atoms with Gasteiger partial charge in [-0.1, -0.05) is 0 Å². The molecule has 1 amide bonds. The molecule has 5 heteroatoms. The number of aryl methyl sites for hydroxylation is 2. The molecule has 1 aliphatic heterocycles. The van der Waals surface area contributed by atoms with E-state index < -0.39 is 0 Å². The summed E-state index contributed by atoms with van der Waals surface area (Å²) in [6, 6.07) is 8.06. The van der Waals surface area contributed by atoms with Gasteiger partial charge in [-0.3, -0.25) is 4.79 Å². The van der Waals surface area contributed by atoms with E-state index in [0.717, 1.165) is 28.7 Å². The molecule has 1 fully saturated rings. The summed E-state index contributed by atoms with van der Waals surface area (Å²) in [5, 5.41) is 3.84. The minimum Gasteiger partial charge on any atom is -0.372 e. The van der Waals surface area contributed by atoms with E-state index >= 15 is 0 Å². The molecule has 1 N–H and O–H groups in total. The lowest BCUT2D eigenvalue weighted by atomic mass is 10.2. The van der Waals surface area contributed by atoms with E-state index in [0.29, 0.717) is 5.69 Å². The highest BCUT2D eigenvalue weighted by Crippen LogP contribution is 2.23. The number of anilines is 2. The van der Waals surface area contributed by atoms with Crippen LogP contribution in [0, 0.1) is 13.8 Å². The molecule has 0 atom stereocenters. The maximum atomic E-state index is 12.2. The molecular formula is C16H19N3OS. The Hall–Kier alpha value is -1.88. The average molecular weight is 301 g/mol. The van der Waals surface area contributed by atoms with Gasteiger partial charge in [-0.25, -0.2) is 4.98 Å². The average Bonchev–Trinajstić information content (AvgIpc) is 3.09. The molecule has 1 saturated heterocycles. The number of nitrogens with one attached hydrogen (secondary N) is 1. The number of hydrogen-bond acceptors (Lipinski definition) is 4. The Morgan fingerprint density at radius 3 is 2.43 bits per heavy atom. The first-order chi connectivity index (χ1) is 10.1. The summed E-state index contributed by atoms with van der Waals surface area (Å²) in [5.41, 5.74) is 2.57. The molecule has 21 heavy (non-hydrogen) atoms. The van der Waals surface area contributed by atoms with Crippen molar-refractivity contribution in [3.8, 4) is 0 Å². The van der Waals surface area contributed by atoms with Crippen molar-refractivity contribution in [3.05, 3.63) is 39.8 Å². The molecule has 110 valence electrons. The van der Waals surface area contributed by atoms with Gasteiger partial charge >= 0.3 is 0 Å². The molecule has 0 radical (unpaired) electrons. The molecule has 0 aliphatic carbocycles. The SMILES string of the molecule is Cc1nc(C(=O)Nc2ccc(N3CCCC3)cc2)c(C)s1. The lowest BCUT2D eigenvalue weighted by molar-refractivity contribution is 0.102. The van der Waals surface area contributed by atoms with Gasteiger partial charge < -0.3 is 10.2 Å². The van der Waals surface area contributed by atoms with Crippen LogP contribution in [0.3, 0.4) is 0 Å². The minimum atomic E-state index is -0.134. The number of hydrogen-bond donors (Lipinski definition) is 1. The monoisotopic (exact) mass is 301 g/mol. The minimum absolute atomic E-state index is 0.134. The van der Waals surface area contributed by atoms with Crippen molar-refractivity contribution in [3.63, 3.8) is 0 Å². The van der Waals surface area contributed by atoms with Crippen LogP contribution in [0.4, 0.5) is 11.4 Å². The molecule has 4 nitrogen and oxygen atoms in total. The number of thiazole rings is 1. The van der Waals surface area contributed by atoms with E-state index in [4.69, 9.17) is 0 Å². The number of amides is 1. The Bertz CT molecular complexity index is 642. The van der Waals surface area contributed by atoms with Crippen LogP contribution in [0.1, 0.15) is 33.2 Å². The van der Waals surface area contributed by atoms with Crippen molar-refractivity contribution in [2.24, 2.45) is 0 Å². The summed E-state index contributed by atoms with van der Waals surface area (Å²) < 4.78 is 0. The summed E-state index contributed by atoms with van der Waals surface area (Å²) in [6.45, 7) is 6.10. The zero-order valence-corrected chi connectivity index (χ0v) is 13.2. The van der Waals surface area contributed by atoms with Crippen LogP contribution in [0.5, 0.6) is 0 Å². The molecule has 0 spiro atoms. The smallest absolute Gasteiger partial charge is 0.275 e. The fraction of sp³-hybridized carbons (Fsp3) is 0.375. The van der Waals surface area contributed by atoms with Gasteiger partial charge in [-0.2, -0.15) is 0 Å². The lowest BCUT2D eigenvalue weighted by Gasteiger charge is -2.17. The number of carbonyl (C=O) groups excluding carboxylic acids is 1. The van der Waals surface area contributed by atoms with Crippen LogP contribution in [0.25, 0.3) is 0 Å². The van der Waals surface area contributed by atoms with Crippen molar-refractivity contribution in [2.45, 2.75) is 26.7 Å². The van der Waals surface area contributed by atoms with Gasteiger partial charge in [0.25, 0.3) is 5.91 Å². The summed E-state index contributed by atoms with van der Waals surface area (Å²) in [7, 11) is 0. The van der Waals surface area contributed by atoms with Gasteiger partial charge in [0.2, 0.25) is 0 Å². The van der Waals surface area contributed by atoms with Gasteiger partial charge in [-0.05, 0) is 51.0 Å². The molecule has 1 aromatic heterocycles. The highest BCUT2D eigenvalue weighted by molar-refractivity contribution is 7.11. The second kappa shape index (κ2) is 5.85. The van der Waals surface area contributed by atoms with Crippen LogP contribution in [0.2, 0.25) is 0 Å². The highest BCUT2D eigenvalue weighted by atomic mass is 32.1. The van der Waals surface area contributed by atoms with Crippen LogP contribution in [0.15, 0.2) is 24.3 Å². The molecule has 1 aliphatic rings. The molecular weight excluding hydrogens is 282 g/mol. The normalized spacial score (nSPS) is 14.5. The van der Waals surface area contributed by atoms with Crippen molar-refractivity contribution in [2.75, 3.05) is 23.3 Å². The first-order valence-electron chi connectivity index (χ1n) is 7.24. The fourth-order valence-electron chi connectivity index (χ4n) is 2.66. The lowest BCUT2D eigenvalue weighted by Crippen LogP contribution is -2.17. The fourth-order valence-corrected chi connectivity index (χ4v) is 3.48. The summed E-state index contributed by atoms with van der Waals surface area (Å²) in [6.07, 6.45) is 2.53. The van der Waals surface area contributed by atoms with E-state index in [1.165, 1.54) is 18.5 Å². The maximum Gasteiger partial charge on any atom is 0.275 e. The van der Waals surface area contributed by atoms with Gasteiger partial charge in [-0.15, -0.1) is 11.3 Å². The Labute approximate surface area is 128 Å². The summed E-state index contributed by atoms with van der Waals surface area (Å²) in [4.78, 5) is 19.8. The molecule has 1 aromatic carbocycles. The Morgan fingerprint density at radius 2 is 1.86 bits per heavy atom. The summed E-state index contributed by atoms with van der Waals surface area (Å²) in [5.74, 6) is -0.134. The van der Waals surface area contributed by atoms with Crippen LogP contribution in [-0.2, 0) is 0 Å². The predicted molar refractivity (Wildman–Crippen MR) is 87.4 cm³/mol. The van der Waals surface area contributed by atoms with E-state index in [9.17, 15) is 4.79 Å². The Balaban J connectivity index is 1.70. The quantitative estimate of drug-likeness (QED) is 0.942. The zero-order chi connectivity index (χ0) is 14.8. The number of nitrogens with zero attached hydrogens (tertiary/aromatic N) is 2. The second-order valence-electron chi connectivity index (χ2n) is 5.33. The number of rotatable bonds is 3. The second-order valence-corrected chi connectivity index (χ2v) is 6.74. The number of benzene rings is 1. The molecule has 2 heterocycles. The molecule has 0 bridgehead atoms. The van der Waals surface area contributed by atoms with Crippen LogP contribution < -0.4 is 10.2 Å². The van der Waals surface area contributed by atoms with E-state index in [2.05, 4.69) is 27.3 Å². The van der Waals surface area contributed by atoms with Gasteiger partial charge in [0.15, 0.2) is 0 Å². The highest BCUT2D eigenvalue weighted by Gasteiger charge is 2.15. The third-order valence-corrected chi connectivity index (χ3v) is 4.60. The maximum absolute atomic E-state index is 12.2. The first kappa shape index (κ1) is 14.1. The molecule has 0 unspecified atom stereocenters. The van der Waals surface area contributed by atoms with Crippen molar-refractivity contribution >= 4 is 28.6 Å². The largest absolute Gasteiger partial charge is 0.372 e. The molecule has 0 saturated carbocycles. The first-order valence-corrected chi connectivity index (χ1v) is 8.05. The zero-order valence-electron chi connectivity index (χ0n) is 12.3. The van der Waals surface area contributed by atoms with Gasteiger partial charge in [0, 0.05) is 29.3 Å². The molecule has 2 aromatic rings. The van der Waals surface area contributed by atoms with Crippen molar-refractivity contribution in [1.29, 1.82) is 0 Å². The topological polar surface area (TPSA) is 45.2 Å². The van der Waals surface area contributed by atoms with Crippen molar-refractivity contribution in [1.82, 2.24) is 4.98 Å². The van der Waals surface area contributed by atoms with Crippen LogP contribution in [-0.4, -0.2) is 24.0 Å². The number of aromatic nitrogens is 1. The Morgan fingerprint density at radius 1 is 1.19 bits per heavy atom. The van der Waals surface area contributed by atoms with Crippen LogP contribution >= 0.6 is 11.3 Å². The van der Waals surface area contributed by atoms with Crippen molar-refractivity contribution < 1.29 is 4.79 Å². The summed E-state index contributed by atoms with van der Waals surface area (Å²) >= 11 is 1.55. The van der Waals surface area contributed by atoms with E-state index in [1.807, 2.05) is 26.0 Å². The predicted octanol–water partition coefficient (Wildman–Crippen LogP) is 3.61. The Kier molecular flexibility index (Phi) is 3.92. The van der Waals surface area contributed by atoms with Gasteiger partial charge in [0.05, 0.1) is 5.01 Å².